The maximum Gasteiger partial charge on any atom is 0.125 e. The molecule has 1 aliphatic carbocycles. The molecule has 1 aliphatic rings. The first kappa shape index (κ1) is 14.2. The molecule has 1 N–H and O–H groups in total. The second-order valence-corrected chi connectivity index (χ2v) is 6.13. The minimum absolute atomic E-state index is 0.102. The monoisotopic (exact) mass is 282 g/mol. The molecule has 0 aliphatic heterocycles. The summed E-state index contributed by atoms with van der Waals surface area (Å²) in [5, 5.41) is 11.0. The Morgan fingerprint density at radius 3 is 2.19 bits per heavy atom. The van der Waals surface area contributed by atoms with E-state index >= 15 is 0 Å². The van der Waals surface area contributed by atoms with Crippen LogP contribution in [0.25, 0.3) is 0 Å². The first-order valence-corrected chi connectivity index (χ1v) is 7.63. The molecule has 0 aromatic heterocycles. The summed E-state index contributed by atoms with van der Waals surface area (Å²) in [6.07, 6.45) is 1.63. The normalized spacial score (nSPS) is 17.5. The van der Waals surface area contributed by atoms with E-state index in [0.29, 0.717) is 0 Å². The zero-order valence-corrected chi connectivity index (χ0v) is 12.6. The van der Waals surface area contributed by atoms with Crippen molar-refractivity contribution in [2.24, 2.45) is 0 Å². The van der Waals surface area contributed by atoms with E-state index in [0.717, 1.165) is 24.2 Å². The number of rotatable bonds is 5. The van der Waals surface area contributed by atoms with Crippen LogP contribution in [0.3, 0.4) is 0 Å². The third-order valence-corrected chi connectivity index (χ3v) is 4.24. The number of aliphatic hydroxyl groups excluding tert-OH is 1. The van der Waals surface area contributed by atoms with E-state index in [2.05, 4.69) is 12.1 Å². The lowest BCUT2D eigenvalue weighted by Crippen LogP contribution is -2.20. The number of para-hydroxylation sites is 1. The molecule has 2 nitrogen and oxygen atoms in total. The van der Waals surface area contributed by atoms with Crippen molar-refractivity contribution in [3.63, 3.8) is 0 Å². The Hall–Kier alpha value is -1.80. The molecule has 1 atom stereocenters. The molecular formula is C19H22O2. The summed E-state index contributed by atoms with van der Waals surface area (Å²) >= 11 is 0. The first-order chi connectivity index (χ1) is 10.1. The van der Waals surface area contributed by atoms with Gasteiger partial charge in [-0.3, -0.25) is 0 Å². The Labute approximate surface area is 126 Å². The lowest BCUT2D eigenvalue weighted by atomic mass is 9.85. The molecule has 21 heavy (non-hydrogen) atoms. The summed E-state index contributed by atoms with van der Waals surface area (Å²) in [5.74, 6) is 0.794. The van der Waals surface area contributed by atoms with Gasteiger partial charge in [-0.2, -0.15) is 0 Å². The zero-order chi connectivity index (χ0) is 14.9. The van der Waals surface area contributed by atoms with Gasteiger partial charge in [-0.15, -0.1) is 0 Å². The van der Waals surface area contributed by atoms with Gasteiger partial charge >= 0.3 is 0 Å². The van der Waals surface area contributed by atoms with Gasteiger partial charge in [0.25, 0.3) is 0 Å². The Morgan fingerprint density at radius 2 is 1.57 bits per heavy atom. The second-order valence-electron chi connectivity index (χ2n) is 6.13. The molecule has 2 heteroatoms. The number of aliphatic hydroxyl groups is 1. The molecular weight excluding hydrogens is 260 g/mol. The van der Waals surface area contributed by atoms with E-state index in [1.54, 1.807) is 0 Å². The topological polar surface area (TPSA) is 29.5 Å². The van der Waals surface area contributed by atoms with Crippen LogP contribution in [0.1, 0.15) is 43.9 Å². The smallest absolute Gasteiger partial charge is 0.125 e. The van der Waals surface area contributed by atoms with Crippen molar-refractivity contribution in [1.29, 1.82) is 0 Å². The van der Waals surface area contributed by atoms with Gasteiger partial charge in [0.1, 0.15) is 5.75 Å². The SMILES string of the molecule is CC(C)Oc1ccccc1C(O)C1(c2ccccc2)CC1. The highest BCUT2D eigenvalue weighted by molar-refractivity contribution is 5.43. The molecule has 1 saturated carbocycles. The van der Waals surface area contributed by atoms with E-state index in [1.807, 2.05) is 56.3 Å². The van der Waals surface area contributed by atoms with Gasteiger partial charge in [-0.25, -0.2) is 0 Å². The number of ether oxygens (including phenoxy) is 1. The zero-order valence-electron chi connectivity index (χ0n) is 12.6. The van der Waals surface area contributed by atoms with E-state index in [-0.39, 0.29) is 11.5 Å². The molecule has 0 spiro atoms. The highest BCUT2D eigenvalue weighted by Gasteiger charge is 2.51. The maximum absolute atomic E-state index is 11.0. The summed E-state index contributed by atoms with van der Waals surface area (Å²) < 4.78 is 5.87. The first-order valence-electron chi connectivity index (χ1n) is 7.63. The van der Waals surface area contributed by atoms with E-state index < -0.39 is 6.10 Å². The summed E-state index contributed by atoms with van der Waals surface area (Å²) in [4.78, 5) is 0. The number of benzene rings is 2. The highest BCUT2D eigenvalue weighted by atomic mass is 16.5. The predicted molar refractivity (Wildman–Crippen MR) is 84.5 cm³/mol. The van der Waals surface area contributed by atoms with Crippen LogP contribution >= 0.6 is 0 Å². The Kier molecular flexibility index (Phi) is 3.73. The van der Waals surface area contributed by atoms with Crippen LogP contribution < -0.4 is 4.74 Å². The molecule has 0 bridgehead atoms. The molecule has 3 rings (SSSR count). The predicted octanol–water partition coefficient (Wildman–Crippen LogP) is 4.24. The fraction of sp³-hybridized carbons (Fsp3) is 0.368. The van der Waals surface area contributed by atoms with Crippen molar-refractivity contribution in [2.45, 2.75) is 44.3 Å². The van der Waals surface area contributed by atoms with Gasteiger partial charge in [-0.05, 0) is 38.3 Å². The Balaban J connectivity index is 1.94. The summed E-state index contributed by atoms with van der Waals surface area (Å²) in [6.45, 7) is 4.01. The van der Waals surface area contributed by atoms with Gasteiger partial charge < -0.3 is 9.84 Å². The average molecular weight is 282 g/mol. The van der Waals surface area contributed by atoms with Gasteiger partial charge in [-0.1, -0.05) is 48.5 Å². The molecule has 0 radical (unpaired) electrons. The maximum atomic E-state index is 11.0. The minimum Gasteiger partial charge on any atom is -0.491 e. The third kappa shape index (κ3) is 2.68. The lowest BCUT2D eigenvalue weighted by Gasteiger charge is -2.25. The number of hydrogen-bond acceptors (Lipinski definition) is 2. The summed E-state index contributed by atoms with van der Waals surface area (Å²) in [7, 11) is 0. The Bertz CT molecular complexity index is 600. The van der Waals surface area contributed by atoms with Crippen molar-refractivity contribution < 1.29 is 9.84 Å². The molecule has 0 heterocycles. The van der Waals surface area contributed by atoms with Crippen LogP contribution in [-0.4, -0.2) is 11.2 Å². The quantitative estimate of drug-likeness (QED) is 0.889. The fourth-order valence-corrected chi connectivity index (χ4v) is 2.99. The van der Waals surface area contributed by atoms with Crippen molar-refractivity contribution in [1.82, 2.24) is 0 Å². The van der Waals surface area contributed by atoms with E-state index in [4.69, 9.17) is 4.74 Å². The van der Waals surface area contributed by atoms with Gasteiger partial charge in [0, 0.05) is 11.0 Å². The average Bonchev–Trinajstić information content (AvgIpc) is 3.29. The number of hydrogen-bond donors (Lipinski definition) is 1. The van der Waals surface area contributed by atoms with Crippen LogP contribution in [-0.2, 0) is 5.41 Å². The van der Waals surface area contributed by atoms with Gasteiger partial charge in [0.05, 0.1) is 12.2 Å². The van der Waals surface area contributed by atoms with Crippen LogP contribution in [0.2, 0.25) is 0 Å². The van der Waals surface area contributed by atoms with Crippen LogP contribution in [0, 0.1) is 0 Å². The van der Waals surface area contributed by atoms with Gasteiger partial charge in [0.15, 0.2) is 0 Å². The molecule has 1 unspecified atom stereocenters. The van der Waals surface area contributed by atoms with Crippen molar-refractivity contribution in [3.05, 3.63) is 65.7 Å². The third-order valence-electron chi connectivity index (χ3n) is 4.24. The second kappa shape index (κ2) is 5.53. The summed E-state index contributed by atoms with van der Waals surface area (Å²) in [6, 6.07) is 18.2. The Morgan fingerprint density at radius 1 is 0.952 bits per heavy atom. The standard InChI is InChI=1S/C19H22O2/c1-14(2)21-17-11-7-6-10-16(17)18(20)19(12-13-19)15-8-4-3-5-9-15/h3-11,14,18,20H,12-13H2,1-2H3. The minimum atomic E-state index is -0.519. The van der Waals surface area contributed by atoms with Crippen LogP contribution in [0.5, 0.6) is 5.75 Å². The van der Waals surface area contributed by atoms with Crippen LogP contribution in [0.4, 0.5) is 0 Å². The molecule has 2 aromatic rings. The van der Waals surface area contributed by atoms with Crippen LogP contribution in [0.15, 0.2) is 54.6 Å². The van der Waals surface area contributed by atoms with Crippen molar-refractivity contribution in [3.8, 4) is 5.75 Å². The van der Waals surface area contributed by atoms with E-state index in [9.17, 15) is 5.11 Å². The molecule has 2 aromatic carbocycles. The largest absolute Gasteiger partial charge is 0.491 e. The van der Waals surface area contributed by atoms with E-state index in [1.165, 1.54) is 5.56 Å². The molecule has 0 amide bonds. The fourth-order valence-electron chi connectivity index (χ4n) is 2.99. The van der Waals surface area contributed by atoms with Crippen molar-refractivity contribution in [2.75, 3.05) is 0 Å². The lowest BCUT2D eigenvalue weighted by molar-refractivity contribution is 0.125. The molecule has 1 fully saturated rings. The van der Waals surface area contributed by atoms with Crippen molar-refractivity contribution >= 4 is 0 Å². The highest BCUT2D eigenvalue weighted by Crippen LogP contribution is 2.57. The summed E-state index contributed by atoms with van der Waals surface area (Å²) in [5.41, 5.74) is 1.97. The molecule has 110 valence electrons. The molecule has 0 saturated heterocycles. The van der Waals surface area contributed by atoms with Gasteiger partial charge in [0.2, 0.25) is 0 Å².